The molecule has 1 aromatic rings. The molecule has 0 N–H and O–H groups in total. The van der Waals surface area contributed by atoms with E-state index >= 15 is 0 Å². The van der Waals surface area contributed by atoms with Gasteiger partial charge in [0.15, 0.2) is 0 Å². The first-order valence-electron chi connectivity index (χ1n) is 5.16. The number of ether oxygens (including phenoxy) is 2. The minimum atomic E-state index is -0.467. The van der Waals surface area contributed by atoms with Gasteiger partial charge in [-0.1, -0.05) is 25.5 Å². The quantitative estimate of drug-likeness (QED) is 0.420. The number of benzene rings is 1. The van der Waals surface area contributed by atoms with E-state index in [1.54, 1.807) is 24.3 Å². The molecule has 4 nitrogen and oxygen atoms in total. The van der Waals surface area contributed by atoms with E-state index in [0.717, 1.165) is 12.8 Å². The first kappa shape index (κ1) is 12.2. The van der Waals surface area contributed by atoms with Crippen molar-refractivity contribution in [1.82, 2.24) is 0 Å². The molecule has 0 unspecified atom stereocenters. The van der Waals surface area contributed by atoms with Crippen LogP contribution in [0.15, 0.2) is 24.3 Å². The van der Waals surface area contributed by atoms with Gasteiger partial charge >= 0.3 is 5.97 Å². The molecule has 0 heterocycles. The highest BCUT2D eigenvalue weighted by Gasteiger charge is 2.12. The van der Waals surface area contributed by atoms with Crippen molar-refractivity contribution in [1.29, 1.82) is 0 Å². The topological polar surface area (TPSA) is 52.6 Å². The molecule has 0 fully saturated rings. The molecule has 0 atom stereocenters. The maximum Gasteiger partial charge on any atom is 0.341 e. The first-order valence-corrected chi connectivity index (χ1v) is 5.16. The van der Waals surface area contributed by atoms with Crippen molar-refractivity contribution >= 4 is 12.4 Å². The van der Waals surface area contributed by atoms with Crippen LogP contribution in [0.3, 0.4) is 0 Å². The summed E-state index contributed by atoms with van der Waals surface area (Å²) in [5, 5.41) is 0. The van der Waals surface area contributed by atoms with Crippen molar-refractivity contribution in [2.75, 3.05) is 6.61 Å². The van der Waals surface area contributed by atoms with Crippen LogP contribution in [0.2, 0.25) is 0 Å². The first-order chi connectivity index (χ1) is 7.79. The van der Waals surface area contributed by atoms with Gasteiger partial charge in [-0.25, -0.2) is 4.79 Å². The molecule has 0 amide bonds. The Kier molecular flexibility index (Phi) is 5.05. The van der Waals surface area contributed by atoms with Gasteiger partial charge in [-0.2, -0.15) is 0 Å². The Hall–Kier alpha value is -1.84. The van der Waals surface area contributed by atoms with Crippen molar-refractivity contribution in [2.24, 2.45) is 0 Å². The zero-order chi connectivity index (χ0) is 11.8. The highest BCUT2D eigenvalue weighted by atomic mass is 16.5. The van der Waals surface area contributed by atoms with E-state index in [0.29, 0.717) is 6.61 Å². The van der Waals surface area contributed by atoms with Gasteiger partial charge in [0.1, 0.15) is 11.3 Å². The molecule has 0 aliphatic carbocycles. The molecule has 1 rings (SSSR count). The van der Waals surface area contributed by atoms with Crippen molar-refractivity contribution in [3.8, 4) is 5.75 Å². The van der Waals surface area contributed by atoms with Gasteiger partial charge < -0.3 is 9.47 Å². The predicted octanol–water partition coefficient (Wildman–Crippen LogP) is 2.18. The molecule has 0 aliphatic heterocycles. The van der Waals surface area contributed by atoms with Gasteiger partial charge in [0.25, 0.3) is 6.47 Å². The SMILES string of the molecule is CCCCOC(=O)c1ccccc1OC=O. The van der Waals surface area contributed by atoms with Crippen molar-refractivity contribution < 1.29 is 19.1 Å². The van der Waals surface area contributed by atoms with Crippen LogP contribution in [0.1, 0.15) is 30.1 Å². The van der Waals surface area contributed by atoms with E-state index in [1.807, 2.05) is 6.92 Å². The van der Waals surface area contributed by atoms with Gasteiger partial charge in [0, 0.05) is 0 Å². The summed E-state index contributed by atoms with van der Waals surface area (Å²) in [4.78, 5) is 21.8. The van der Waals surface area contributed by atoms with Crippen LogP contribution in [-0.4, -0.2) is 19.0 Å². The number of esters is 1. The van der Waals surface area contributed by atoms with Crippen LogP contribution in [0.25, 0.3) is 0 Å². The molecule has 0 radical (unpaired) electrons. The van der Waals surface area contributed by atoms with E-state index in [-0.39, 0.29) is 17.8 Å². The van der Waals surface area contributed by atoms with Crippen LogP contribution in [0, 0.1) is 0 Å². The third-order valence-electron chi connectivity index (χ3n) is 2.01. The average Bonchev–Trinajstić information content (AvgIpc) is 2.30. The lowest BCUT2D eigenvalue weighted by Crippen LogP contribution is -2.08. The second-order valence-corrected chi connectivity index (χ2v) is 3.20. The Labute approximate surface area is 94.2 Å². The average molecular weight is 222 g/mol. The fourth-order valence-corrected chi connectivity index (χ4v) is 1.18. The molecule has 4 heteroatoms. The van der Waals surface area contributed by atoms with E-state index < -0.39 is 5.97 Å². The van der Waals surface area contributed by atoms with Gasteiger partial charge in [0.2, 0.25) is 0 Å². The molecule has 86 valence electrons. The zero-order valence-corrected chi connectivity index (χ0v) is 9.14. The molecular formula is C12H14O4. The molecule has 0 saturated heterocycles. The number of carbonyl (C=O) groups excluding carboxylic acids is 2. The molecule has 0 spiro atoms. The second-order valence-electron chi connectivity index (χ2n) is 3.20. The standard InChI is InChI=1S/C12H14O4/c1-2-3-8-15-12(14)10-6-4-5-7-11(10)16-9-13/h4-7,9H,2-3,8H2,1H3. The number of unbranched alkanes of at least 4 members (excludes halogenated alkanes) is 1. The summed E-state index contributed by atoms with van der Waals surface area (Å²) in [5.41, 5.74) is 0.269. The van der Waals surface area contributed by atoms with Crippen molar-refractivity contribution in [3.05, 3.63) is 29.8 Å². The largest absolute Gasteiger partial charge is 0.462 e. The Morgan fingerprint density at radius 2 is 2.12 bits per heavy atom. The smallest absolute Gasteiger partial charge is 0.341 e. The van der Waals surface area contributed by atoms with Crippen LogP contribution in [0.5, 0.6) is 5.75 Å². The van der Waals surface area contributed by atoms with E-state index in [9.17, 15) is 9.59 Å². The van der Waals surface area contributed by atoms with E-state index in [1.165, 1.54) is 0 Å². The third kappa shape index (κ3) is 3.38. The Morgan fingerprint density at radius 1 is 1.38 bits per heavy atom. The highest BCUT2D eigenvalue weighted by Crippen LogP contribution is 2.18. The summed E-state index contributed by atoms with van der Waals surface area (Å²) in [5.74, 6) is -0.245. The summed E-state index contributed by atoms with van der Waals surface area (Å²) >= 11 is 0. The Bertz CT molecular complexity index is 360. The van der Waals surface area contributed by atoms with Crippen molar-refractivity contribution in [2.45, 2.75) is 19.8 Å². The molecular weight excluding hydrogens is 208 g/mol. The molecule has 0 aliphatic rings. The minimum absolute atomic E-state index is 0.221. The summed E-state index contributed by atoms with van der Waals surface area (Å²) in [7, 11) is 0. The van der Waals surface area contributed by atoms with E-state index in [4.69, 9.17) is 4.74 Å². The van der Waals surface area contributed by atoms with Gasteiger partial charge in [-0.05, 0) is 18.6 Å². The maximum absolute atomic E-state index is 11.6. The number of rotatable bonds is 6. The lowest BCUT2D eigenvalue weighted by Gasteiger charge is -2.06. The summed E-state index contributed by atoms with van der Waals surface area (Å²) in [6.07, 6.45) is 1.78. The summed E-state index contributed by atoms with van der Waals surface area (Å²) < 4.78 is 9.70. The lowest BCUT2D eigenvalue weighted by molar-refractivity contribution is -0.120. The monoisotopic (exact) mass is 222 g/mol. The van der Waals surface area contributed by atoms with Crippen LogP contribution >= 0.6 is 0 Å². The molecule has 1 aromatic carbocycles. The molecule has 16 heavy (non-hydrogen) atoms. The maximum atomic E-state index is 11.6. The van der Waals surface area contributed by atoms with Crippen LogP contribution in [0.4, 0.5) is 0 Å². The van der Waals surface area contributed by atoms with Crippen LogP contribution in [-0.2, 0) is 9.53 Å². The summed E-state index contributed by atoms with van der Waals surface area (Å²) in [6.45, 7) is 2.68. The molecule has 0 saturated carbocycles. The second kappa shape index (κ2) is 6.61. The third-order valence-corrected chi connectivity index (χ3v) is 2.01. The number of hydrogen-bond acceptors (Lipinski definition) is 4. The normalized spacial score (nSPS) is 9.56. The fraction of sp³-hybridized carbons (Fsp3) is 0.333. The number of carbonyl (C=O) groups is 2. The van der Waals surface area contributed by atoms with Crippen LogP contribution < -0.4 is 4.74 Å². The van der Waals surface area contributed by atoms with Crippen molar-refractivity contribution in [3.63, 3.8) is 0 Å². The molecule has 0 aromatic heterocycles. The van der Waals surface area contributed by atoms with Gasteiger partial charge in [0.05, 0.1) is 6.61 Å². The Morgan fingerprint density at radius 3 is 2.81 bits per heavy atom. The molecule has 0 bridgehead atoms. The number of para-hydroxylation sites is 1. The summed E-state index contributed by atoms with van der Waals surface area (Å²) in [6, 6.07) is 6.48. The Balaban J connectivity index is 2.69. The fourth-order valence-electron chi connectivity index (χ4n) is 1.18. The van der Waals surface area contributed by atoms with Gasteiger partial charge in [-0.3, -0.25) is 4.79 Å². The predicted molar refractivity (Wildman–Crippen MR) is 58.3 cm³/mol. The zero-order valence-electron chi connectivity index (χ0n) is 9.14. The highest BCUT2D eigenvalue weighted by molar-refractivity contribution is 5.92. The van der Waals surface area contributed by atoms with Gasteiger partial charge in [-0.15, -0.1) is 0 Å². The lowest BCUT2D eigenvalue weighted by atomic mass is 10.2. The minimum Gasteiger partial charge on any atom is -0.462 e. The number of hydrogen-bond donors (Lipinski definition) is 0. The van der Waals surface area contributed by atoms with E-state index in [2.05, 4.69) is 4.74 Å².